The van der Waals surface area contributed by atoms with Crippen LogP contribution in [0.4, 0.5) is 0 Å². The van der Waals surface area contributed by atoms with Crippen LogP contribution < -0.4 is 5.32 Å². The van der Waals surface area contributed by atoms with E-state index in [0.29, 0.717) is 19.3 Å². The van der Waals surface area contributed by atoms with E-state index >= 15 is 0 Å². The van der Waals surface area contributed by atoms with Gasteiger partial charge in [0.2, 0.25) is 5.91 Å². The molecule has 1 aliphatic heterocycles. The Morgan fingerprint density at radius 2 is 0.795 bits per heavy atom. The van der Waals surface area contributed by atoms with Crippen LogP contribution in [0.2, 0.25) is 0 Å². The highest BCUT2D eigenvalue weighted by Gasteiger charge is 2.47. The third-order valence-electron chi connectivity index (χ3n) is 17.4. The van der Waals surface area contributed by atoms with Crippen molar-refractivity contribution in [1.82, 2.24) is 5.32 Å². The smallest absolute Gasteiger partial charge is 0.306 e. The SMILES string of the molecule is CCCCCCCC/C=C/CCCCCCCCCCCCCCCCC(O)C(=O)NC(COC1OC(CO)C(O)C(O)C1OC(=O)CCCCCCCCCCCCCCCCCCCCC)C(O)/C=C/CCCCCCCCCCC. The van der Waals surface area contributed by atoms with Gasteiger partial charge in [-0.2, -0.15) is 0 Å². The molecule has 11 heteroatoms. The van der Waals surface area contributed by atoms with Gasteiger partial charge in [0.15, 0.2) is 12.4 Å². The van der Waals surface area contributed by atoms with Crippen LogP contribution in [0.25, 0.3) is 0 Å². The predicted octanol–water partition coefficient (Wildman–Crippen LogP) is 18.4. The summed E-state index contributed by atoms with van der Waals surface area (Å²) in [5, 5.41) is 57.2. The normalized spacial score (nSPS) is 18.6. The van der Waals surface area contributed by atoms with Crippen molar-refractivity contribution in [2.75, 3.05) is 13.2 Å². The Morgan fingerprint density at radius 1 is 0.458 bits per heavy atom. The van der Waals surface area contributed by atoms with Crippen LogP contribution in [0.5, 0.6) is 0 Å². The van der Waals surface area contributed by atoms with Crippen molar-refractivity contribution in [2.45, 2.75) is 410 Å². The summed E-state index contributed by atoms with van der Waals surface area (Å²) in [5.41, 5.74) is 0. The Balaban J connectivity index is 2.53. The number of nitrogens with one attached hydrogen (secondary N) is 1. The van der Waals surface area contributed by atoms with Gasteiger partial charge in [0.05, 0.1) is 25.4 Å². The average Bonchev–Trinajstić information content (AvgIpc) is 3.52. The van der Waals surface area contributed by atoms with E-state index in [1.54, 1.807) is 6.08 Å². The summed E-state index contributed by atoms with van der Waals surface area (Å²) >= 11 is 0. The number of hydrogen-bond donors (Lipinski definition) is 6. The maximum absolute atomic E-state index is 13.5. The molecule has 1 heterocycles. The topological polar surface area (TPSA) is 175 Å². The third kappa shape index (κ3) is 47.8. The number of ether oxygens (including phenoxy) is 3. The van der Waals surface area contributed by atoms with Gasteiger partial charge in [-0.25, -0.2) is 0 Å². The summed E-state index contributed by atoms with van der Waals surface area (Å²) in [5.74, 6) is -1.17. The lowest BCUT2D eigenvalue weighted by atomic mass is 9.99. The predicted molar refractivity (Wildman–Crippen MR) is 348 cm³/mol. The number of carbonyl (C=O) groups excluding carboxylic acids is 2. The van der Waals surface area contributed by atoms with Gasteiger partial charge in [0.1, 0.15) is 24.4 Å². The zero-order chi connectivity index (χ0) is 60.3. The van der Waals surface area contributed by atoms with Gasteiger partial charge in [-0.05, 0) is 51.4 Å². The summed E-state index contributed by atoms with van der Waals surface area (Å²) in [6, 6.07) is -1.02. The number of carbonyl (C=O) groups is 2. The minimum atomic E-state index is -1.61. The summed E-state index contributed by atoms with van der Waals surface area (Å²) in [4.78, 5) is 26.7. The molecule has 8 unspecified atom stereocenters. The Hall–Kier alpha value is -1.86. The van der Waals surface area contributed by atoms with E-state index in [0.717, 1.165) is 57.8 Å². The van der Waals surface area contributed by atoms with E-state index in [-0.39, 0.29) is 13.0 Å². The van der Waals surface area contributed by atoms with Crippen molar-refractivity contribution >= 4 is 11.9 Å². The number of unbranched alkanes of at least 4 members (excludes halogenated alkanes) is 47. The molecule has 0 aromatic heterocycles. The first-order valence-corrected chi connectivity index (χ1v) is 36.1. The first-order valence-electron chi connectivity index (χ1n) is 36.1. The van der Waals surface area contributed by atoms with Crippen molar-refractivity contribution < 1.29 is 49.3 Å². The Bertz CT molecular complexity index is 1450. The lowest BCUT2D eigenvalue weighted by Gasteiger charge is -2.41. The van der Waals surface area contributed by atoms with Crippen LogP contribution in [0.3, 0.4) is 0 Å². The Labute approximate surface area is 511 Å². The first-order chi connectivity index (χ1) is 40.7. The lowest BCUT2D eigenvalue weighted by Crippen LogP contribution is -2.61. The molecule has 6 N–H and O–H groups in total. The van der Waals surface area contributed by atoms with Crippen LogP contribution in [-0.2, 0) is 23.8 Å². The molecule has 0 spiro atoms. The van der Waals surface area contributed by atoms with Crippen LogP contribution in [0, 0.1) is 0 Å². The second-order valence-corrected chi connectivity index (χ2v) is 25.3. The molecule has 0 aliphatic carbocycles. The van der Waals surface area contributed by atoms with Crippen molar-refractivity contribution in [2.24, 2.45) is 0 Å². The first kappa shape index (κ1) is 79.2. The van der Waals surface area contributed by atoms with Crippen molar-refractivity contribution in [3.63, 3.8) is 0 Å². The van der Waals surface area contributed by atoms with Gasteiger partial charge < -0.3 is 45.1 Å². The van der Waals surface area contributed by atoms with Crippen molar-refractivity contribution in [1.29, 1.82) is 0 Å². The quantitative estimate of drug-likeness (QED) is 0.0195. The number of amides is 1. The maximum atomic E-state index is 13.5. The largest absolute Gasteiger partial charge is 0.454 e. The molecular formula is C72H137NO10. The molecule has 0 bridgehead atoms. The third-order valence-corrected chi connectivity index (χ3v) is 17.4. The van der Waals surface area contributed by atoms with E-state index in [9.17, 15) is 35.1 Å². The molecule has 0 saturated carbocycles. The second-order valence-electron chi connectivity index (χ2n) is 25.3. The minimum Gasteiger partial charge on any atom is -0.454 e. The fourth-order valence-electron chi connectivity index (χ4n) is 11.7. The number of aliphatic hydroxyl groups excluding tert-OH is 5. The molecular weight excluding hydrogens is 1040 g/mol. The highest BCUT2D eigenvalue weighted by molar-refractivity contribution is 5.80. The number of rotatable bonds is 63. The molecule has 1 saturated heterocycles. The zero-order valence-electron chi connectivity index (χ0n) is 54.6. The van der Waals surface area contributed by atoms with Gasteiger partial charge in [-0.3, -0.25) is 9.59 Å². The van der Waals surface area contributed by atoms with Gasteiger partial charge in [0, 0.05) is 6.42 Å². The summed E-state index contributed by atoms with van der Waals surface area (Å²) in [6.07, 6.45) is 62.3. The highest BCUT2D eigenvalue weighted by Crippen LogP contribution is 2.26. The minimum absolute atomic E-state index is 0.131. The van der Waals surface area contributed by atoms with Crippen LogP contribution in [0.15, 0.2) is 24.3 Å². The second kappa shape index (κ2) is 60.4. The molecule has 11 nitrogen and oxygen atoms in total. The molecule has 0 aromatic carbocycles. The van der Waals surface area contributed by atoms with Crippen LogP contribution >= 0.6 is 0 Å². The van der Waals surface area contributed by atoms with Gasteiger partial charge in [-0.1, -0.05) is 328 Å². The highest BCUT2D eigenvalue weighted by atomic mass is 16.7. The van der Waals surface area contributed by atoms with E-state index in [1.807, 2.05) is 6.08 Å². The van der Waals surface area contributed by atoms with Crippen LogP contribution in [-0.4, -0.2) is 99.6 Å². The van der Waals surface area contributed by atoms with Crippen LogP contribution in [0.1, 0.15) is 361 Å². The zero-order valence-corrected chi connectivity index (χ0v) is 54.6. The molecule has 490 valence electrons. The summed E-state index contributed by atoms with van der Waals surface area (Å²) in [6.45, 7) is 5.84. The summed E-state index contributed by atoms with van der Waals surface area (Å²) < 4.78 is 17.7. The van der Waals surface area contributed by atoms with Gasteiger partial charge in [0.25, 0.3) is 0 Å². The number of esters is 1. The maximum Gasteiger partial charge on any atom is 0.306 e. The molecule has 0 radical (unpaired) electrons. The van der Waals surface area contributed by atoms with Crippen molar-refractivity contribution in [3.8, 4) is 0 Å². The molecule has 1 amide bonds. The van der Waals surface area contributed by atoms with Gasteiger partial charge in [-0.15, -0.1) is 0 Å². The van der Waals surface area contributed by atoms with E-state index in [1.165, 1.54) is 257 Å². The van der Waals surface area contributed by atoms with E-state index in [4.69, 9.17) is 14.2 Å². The van der Waals surface area contributed by atoms with Gasteiger partial charge >= 0.3 is 5.97 Å². The number of hydrogen-bond acceptors (Lipinski definition) is 10. The van der Waals surface area contributed by atoms with E-state index in [2.05, 4.69) is 38.2 Å². The molecule has 8 atom stereocenters. The Morgan fingerprint density at radius 3 is 1.17 bits per heavy atom. The molecule has 1 aliphatic rings. The number of allylic oxidation sites excluding steroid dienone is 3. The fourth-order valence-corrected chi connectivity index (χ4v) is 11.7. The summed E-state index contributed by atoms with van der Waals surface area (Å²) in [7, 11) is 0. The average molecular weight is 1180 g/mol. The molecule has 1 rings (SSSR count). The standard InChI is InChI=1S/C72H137NO10/c1-4-7-10-13-16-19-22-24-26-28-30-31-32-33-34-36-37-39-41-44-47-50-53-56-59-65(76)71(80)73-63(64(75)58-55-52-49-46-43-21-18-15-12-9-6-3)62-81-72-70(69(79)68(78)66(61-74)82-72)83-67(77)60-57-54-51-48-45-42-40-38-35-29-27-25-23-20-17-14-11-8-5-2/h24,26,55,58,63-66,68-70,72,74-76,78-79H,4-23,25,27-54,56-57,59-62H2,1-3H3,(H,73,80)/b26-24+,58-55+. The van der Waals surface area contributed by atoms with E-state index < -0.39 is 67.4 Å². The monoisotopic (exact) mass is 1180 g/mol. The molecule has 0 aromatic rings. The molecule has 83 heavy (non-hydrogen) atoms. The fraction of sp³-hybridized carbons (Fsp3) is 0.917. The number of aliphatic hydroxyl groups is 5. The Kier molecular flexibility index (Phi) is 57.6. The van der Waals surface area contributed by atoms with Crippen molar-refractivity contribution in [3.05, 3.63) is 24.3 Å². The lowest BCUT2D eigenvalue weighted by molar-refractivity contribution is -0.305. The molecule has 1 fully saturated rings.